The number of sulfone groups is 1. The number of nitrogens with zero attached hydrogens (tertiary/aromatic N) is 2. The molecule has 2 aromatic rings. The van der Waals surface area contributed by atoms with E-state index in [0.717, 1.165) is 0 Å². The molecule has 1 amide bonds. The summed E-state index contributed by atoms with van der Waals surface area (Å²) in [4.78, 5) is 18.7. The van der Waals surface area contributed by atoms with E-state index in [1.165, 1.54) is 11.8 Å². The maximum absolute atomic E-state index is 12.6. The van der Waals surface area contributed by atoms with Crippen LogP contribution in [0.25, 0.3) is 0 Å². The van der Waals surface area contributed by atoms with Gasteiger partial charge in [-0.3, -0.25) is 4.79 Å². The van der Waals surface area contributed by atoms with Gasteiger partial charge in [-0.1, -0.05) is 65.3 Å². The number of amides is 1. The van der Waals surface area contributed by atoms with Crippen LogP contribution in [0.4, 0.5) is 5.69 Å². The number of benzene rings is 2. The van der Waals surface area contributed by atoms with Crippen molar-refractivity contribution < 1.29 is 13.2 Å². The third-order valence-corrected chi connectivity index (χ3v) is 8.60. The van der Waals surface area contributed by atoms with Crippen LogP contribution in [0.15, 0.2) is 53.5 Å². The van der Waals surface area contributed by atoms with Crippen molar-refractivity contribution in [2.45, 2.75) is 17.7 Å². The van der Waals surface area contributed by atoms with Crippen LogP contribution in [-0.2, 0) is 21.1 Å². The van der Waals surface area contributed by atoms with Gasteiger partial charge in [-0.05, 0) is 23.8 Å². The molecule has 9 heteroatoms. The van der Waals surface area contributed by atoms with Crippen LogP contribution < -0.4 is 4.90 Å². The Hall–Kier alpha value is -1.54. The molecule has 2 fully saturated rings. The van der Waals surface area contributed by atoms with Gasteiger partial charge in [0.1, 0.15) is 0 Å². The van der Waals surface area contributed by atoms with Crippen molar-refractivity contribution in [2.75, 3.05) is 16.4 Å². The normalized spacial score (nSPS) is 24.5. The van der Waals surface area contributed by atoms with Gasteiger partial charge in [0, 0.05) is 10.3 Å². The summed E-state index contributed by atoms with van der Waals surface area (Å²) in [6, 6.07) is 14.0. The van der Waals surface area contributed by atoms with Crippen LogP contribution in [0.3, 0.4) is 0 Å². The Bertz CT molecular complexity index is 1070. The second-order valence-corrected chi connectivity index (χ2v) is 10.9. The van der Waals surface area contributed by atoms with Crippen molar-refractivity contribution >= 4 is 61.6 Å². The van der Waals surface area contributed by atoms with E-state index in [0.29, 0.717) is 26.5 Å². The molecule has 0 spiro atoms. The summed E-state index contributed by atoms with van der Waals surface area (Å²) in [6.07, 6.45) is 0.0771. The first kappa shape index (κ1) is 19.8. The van der Waals surface area contributed by atoms with Crippen LogP contribution in [-0.4, -0.2) is 42.3 Å². The standard InChI is InChI=1S/C19H16Cl2N2O3S2/c20-13-6-2-1-5-12(13)9-18(24)22-19-23(15-8-4-3-7-14(15)21)16-10-28(25,26)11-17(16)27-19/h1-8,16-17H,9-11H2/t16-,17+/m0/s1. The molecule has 2 heterocycles. The quantitative estimate of drug-likeness (QED) is 0.704. The number of hydrogen-bond donors (Lipinski definition) is 0. The molecule has 2 atom stereocenters. The SMILES string of the molecule is O=C(Cc1ccccc1Cl)N=C1S[C@@H]2CS(=O)(=O)C[C@@H]2N1c1ccccc1Cl. The molecule has 4 rings (SSSR count). The zero-order valence-corrected chi connectivity index (χ0v) is 17.7. The number of rotatable bonds is 3. The summed E-state index contributed by atoms with van der Waals surface area (Å²) in [5.41, 5.74) is 1.36. The van der Waals surface area contributed by atoms with E-state index >= 15 is 0 Å². The minimum absolute atomic E-state index is 0.0214. The predicted molar refractivity (Wildman–Crippen MR) is 115 cm³/mol. The lowest BCUT2D eigenvalue weighted by Crippen LogP contribution is -2.38. The molecule has 146 valence electrons. The molecule has 0 aromatic heterocycles. The lowest BCUT2D eigenvalue weighted by molar-refractivity contribution is -0.117. The molecule has 0 aliphatic carbocycles. The maximum atomic E-state index is 12.6. The zero-order valence-electron chi connectivity index (χ0n) is 14.6. The van der Waals surface area contributed by atoms with Crippen LogP contribution in [0.2, 0.25) is 10.0 Å². The molecule has 2 aliphatic rings. The number of carbonyl (C=O) groups is 1. The molecule has 2 aromatic carbocycles. The molecule has 2 saturated heterocycles. The lowest BCUT2D eigenvalue weighted by Gasteiger charge is -2.25. The summed E-state index contributed by atoms with van der Waals surface area (Å²) >= 11 is 13.8. The Morgan fingerprint density at radius 1 is 1.07 bits per heavy atom. The summed E-state index contributed by atoms with van der Waals surface area (Å²) in [7, 11) is -3.13. The van der Waals surface area contributed by atoms with Gasteiger partial charge in [0.25, 0.3) is 5.91 Å². The number of para-hydroxylation sites is 1. The van der Waals surface area contributed by atoms with Crippen LogP contribution in [0.1, 0.15) is 5.56 Å². The highest BCUT2D eigenvalue weighted by atomic mass is 35.5. The maximum Gasteiger partial charge on any atom is 0.252 e. The van der Waals surface area contributed by atoms with Crippen LogP contribution >= 0.6 is 35.0 Å². The van der Waals surface area contributed by atoms with Gasteiger partial charge in [0.15, 0.2) is 15.0 Å². The van der Waals surface area contributed by atoms with Crippen molar-refractivity contribution in [3.63, 3.8) is 0 Å². The number of aliphatic imine (C=N–C) groups is 1. The topological polar surface area (TPSA) is 66.8 Å². The lowest BCUT2D eigenvalue weighted by atomic mass is 10.1. The highest BCUT2D eigenvalue weighted by molar-refractivity contribution is 8.16. The number of carbonyl (C=O) groups excluding carboxylic acids is 1. The first-order chi connectivity index (χ1) is 13.3. The number of anilines is 1. The molecule has 0 saturated carbocycles. The third-order valence-electron chi connectivity index (χ3n) is 4.70. The largest absolute Gasteiger partial charge is 0.314 e. The van der Waals surface area contributed by atoms with Crippen molar-refractivity contribution in [3.8, 4) is 0 Å². The number of amidine groups is 1. The summed E-state index contributed by atoms with van der Waals surface area (Å²) in [6.45, 7) is 0. The Kier molecular flexibility index (Phi) is 5.44. The number of fused-ring (bicyclic) bond motifs is 1. The number of thioether (sulfide) groups is 1. The van der Waals surface area contributed by atoms with Crippen LogP contribution in [0.5, 0.6) is 0 Å². The fourth-order valence-electron chi connectivity index (χ4n) is 3.44. The zero-order chi connectivity index (χ0) is 19.9. The minimum Gasteiger partial charge on any atom is -0.314 e. The first-order valence-electron chi connectivity index (χ1n) is 8.60. The van der Waals surface area contributed by atoms with Crippen molar-refractivity contribution in [3.05, 3.63) is 64.1 Å². The third kappa shape index (κ3) is 3.94. The monoisotopic (exact) mass is 454 g/mol. The molecular formula is C19H16Cl2N2O3S2. The van der Waals surface area contributed by atoms with Gasteiger partial charge in [-0.25, -0.2) is 8.42 Å². The molecule has 2 aliphatic heterocycles. The minimum atomic E-state index is -3.13. The molecule has 0 bridgehead atoms. The number of halogens is 2. The molecule has 5 nitrogen and oxygen atoms in total. The fourth-order valence-corrected chi connectivity index (χ4v) is 7.80. The van der Waals surface area contributed by atoms with Crippen LogP contribution in [0, 0.1) is 0 Å². The fraction of sp³-hybridized carbons (Fsp3) is 0.263. The van der Waals surface area contributed by atoms with E-state index in [2.05, 4.69) is 4.99 Å². The Balaban J connectivity index is 1.67. The Morgan fingerprint density at radius 2 is 1.75 bits per heavy atom. The van der Waals surface area contributed by atoms with E-state index in [1.807, 2.05) is 18.2 Å². The molecule has 0 unspecified atom stereocenters. The van der Waals surface area contributed by atoms with E-state index in [-0.39, 0.29) is 35.1 Å². The van der Waals surface area contributed by atoms with Gasteiger partial charge >= 0.3 is 0 Å². The highest BCUT2D eigenvalue weighted by Gasteiger charge is 2.49. The van der Waals surface area contributed by atoms with E-state index < -0.39 is 9.84 Å². The van der Waals surface area contributed by atoms with Crippen molar-refractivity contribution in [2.24, 2.45) is 4.99 Å². The predicted octanol–water partition coefficient (Wildman–Crippen LogP) is 3.84. The molecule has 0 radical (unpaired) electrons. The van der Waals surface area contributed by atoms with Crippen molar-refractivity contribution in [1.82, 2.24) is 0 Å². The molecule has 0 N–H and O–H groups in total. The van der Waals surface area contributed by atoms with Gasteiger partial charge < -0.3 is 4.90 Å². The van der Waals surface area contributed by atoms with E-state index in [9.17, 15) is 13.2 Å². The van der Waals surface area contributed by atoms with Crippen molar-refractivity contribution in [1.29, 1.82) is 0 Å². The second-order valence-electron chi connectivity index (χ2n) is 6.68. The van der Waals surface area contributed by atoms with Gasteiger partial charge in [0.05, 0.1) is 34.7 Å². The Labute approximate surface area is 177 Å². The Morgan fingerprint density at radius 3 is 2.46 bits per heavy atom. The average molecular weight is 455 g/mol. The smallest absolute Gasteiger partial charge is 0.252 e. The van der Waals surface area contributed by atoms with Gasteiger partial charge in [0.2, 0.25) is 0 Å². The average Bonchev–Trinajstić information content (AvgIpc) is 3.08. The second kappa shape index (κ2) is 7.71. The summed E-state index contributed by atoms with van der Waals surface area (Å²) < 4.78 is 24.2. The molecular weight excluding hydrogens is 439 g/mol. The van der Waals surface area contributed by atoms with E-state index in [4.69, 9.17) is 23.2 Å². The highest BCUT2D eigenvalue weighted by Crippen LogP contribution is 2.43. The summed E-state index contributed by atoms with van der Waals surface area (Å²) in [5, 5.41) is 1.31. The summed E-state index contributed by atoms with van der Waals surface area (Å²) in [5.74, 6) is -0.246. The number of hydrogen-bond acceptors (Lipinski definition) is 4. The van der Waals surface area contributed by atoms with Gasteiger partial charge in [-0.2, -0.15) is 4.99 Å². The first-order valence-corrected chi connectivity index (χ1v) is 12.1. The van der Waals surface area contributed by atoms with Gasteiger partial charge in [-0.15, -0.1) is 0 Å². The van der Waals surface area contributed by atoms with E-state index in [1.54, 1.807) is 35.2 Å². The molecule has 28 heavy (non-hydrogen) atoms.